The third-order valence-electron chi connectivity index (χ3n) is 3.01. The number of rotatable bonds is 7. The molecule has 3 nitrogen and oxygen atoms in total. The van der Waals surface area contributed by atoms with Crippen LogP contribution < -0.4 is 0 Å². The fourth-order valence-corrected chi connectivity index (χ4v) is 2.01. The summed E-state index contributed by atoms with van der Waals surface area (Å²) >= 11 is 0. The van der Waals surface area contributed by atoms with Crippen LogP contribution in [0.4, 0.5) is 0 Å². The molecule has 0 bridgehead atoms. The van der Waals surface area contributed by atoms with E-state index < -0.39 is 0 Å². The van der Waals surface area contributed by atoms with Crippen LogP contribution in [-0.2, 0) is 0 Å². The van der Waals surface area contributed by atoms with Gasteiger partial charge in [-0.3, -0.25) is 0 Å². The van der Waals surface area contributed by atoms with Crippen molar-refractivity contribution >= 4 is 0 Å². The SMILES string of the molecule is CCN(CCCO)CCN1CCCC1. The highest BCUT2D eigenvalue weighted by Gasteiger charge is 2.12. The molecular formula is C11H24N2O. The summed E-state index contributed by atoms with van der Waals surface area (Å²) in [6.07, 6.45) is 3.67. The van der Waals surface area contributed by atoms with Crippen LogP contribution in [0.25, 0.3) is 0 Å². The summed E-state index contributed by atoms with van der Waals surface area (Å²) in [5.74, 6) is 0. The zero-order valence-electron chi connectivity index (χ0n) is 9.41. The number of hydrogen-bond donors (Lipinski definition) is 1. The molecule has 1 heterocycles. The summed E-state index contributed by atoms with van der Waals surface area (Å²) in [5, 5.41) is 8.75. The molecule has 1 N–H and O–H groups in total. The van der Waals surface area contributed by atoms with Gasteiger partial charge >= 0.3 is 0 Å². The van der Waals surface area contributed by atoms with Crippen molar-refractivity contribution in [1.82, 2.24) is 9.80 Å². The molecule has 0 radical (unpaired) electrons. The molecule has 0 saturated carbocycles. The minimum atomic E-state index is 0.320. The Morgan fingerprint density at radius 3 is 2.50 bits per heavy atom. The van der Waals surface area contributed by atoms with Crippen molar-refractivity contribution in [2.75, 3.05) is 45.9 Å². The highest BCUT2D eigenvalue weighted by atomic mass is 16.3. The van der Waals surface area contributed by atoms with Crippen molar-refractivity contribution in [3.63, 3.8) is 0 Å². The van der Waals surface area contributed by atoms with E-state index in [1.54, 1.807) is 0 Å². The zero-order valence-corrected chi connectivity index (χ0v) is 9.41. The van der Waals surface area contributed by atoms with Crippen LogP contribution in [0.2, 0.25) is 0 Å². The Labute approximate surface area is 87.7 Å². The van der Waals surface area contributed by atoms with Gasteiger partial charge in [-0.25, -0.2) is 0 Å². The van der Waals surface area contributed by atoms with E-state index in [9.17, 15) is 0 Å². The van der Waals surface area contributed by atoms with E-state index in [1.165, 1.54) is 32.5 Å². The molecule has 1 rings (SSSR count). The van der Waals surface area contributed by atoms with E-state index in [-0.39, 0.29) is 0 Å². The van der Waals surface area contributed by atoms with Gasteiger partial charge in [0, 0.05) is 26.2 Å². The van der Waals surface area contributed by atoms with Gasteiger partial charge in [0.25, 0.3) is 0 Å². The lowest BCUT2D eigenvalue weighted by molar-refractivity contribution is 0.206. The summed E-state index contributed by atoms with van der Waals surface area (Å²) < 4.78 is 0. The van der Waals surface area contributed by atoms with Gasteiger partial charge < -0.3 is 14.9 Å². The molecule has 14 heavy (non-hydrogen) atoms. The Bertz CT molecular complexity index is 135. The van der Waals surface area contributed by atoms with E-state index in [2.05, 4.69) is 16.7 Å². The molecule has 0 unspecified atom stereocenters. The van der Waals surface area contributed by atoms with E-state index in [0.29, 0.717) is 6.61 Å². The molecule has 0 aliphatic carbocycles. The molecule has 3 heteroatoms. The molecule has 1 aliphatic heterocycles. The van der Waals surface area contributed by atoms with Crippen LogP contribution in [0.1, 0.15) is 26.2 Å². The first kappa shape index (κ1) is 12.0. The molecule has 0 amide bonds. The van der Waals surface area contributed by atoms with Gasteiger partial charge in [-0.1, -0.05) is 6.92 Å². The van der Waals surface area contributed by atoms with Crippen LogP contribution in [0.5, 0.6) is 0 Å². The van der Waals surface area contributed by atoms with Crippen LogP contribution in [0.15, 0.2) is 0 Å². The average molecular weight is 200 g/mol. The molecule has 1 fully saturated rings. The number of aliphatic hydroxyl groups is 1. The number of likely N-dealkylation sites (N-methyl/N-ethyl adjacent to an activating group) is 1. The normalized spacial score (nSPS) is 18.2. The molecule has 1 aliphatic rings. The fourth-order valence-electron chi connectivity index (χ4n) is 2.01. The largest absolute Gasteiger partial charge is 0.396 e. The van der Waals surface area contributed by atoms with Gasteiger partial charge in [-0.05, 0) is 38.9 Å². The maximum absolute atomic E-state index is 8.75. The number of likely N-dealkylation sites (tertiary alicyclic amines) is 1. The zero-order chi connectivity index (χ0) is 10.2. The number of nitrogens with zero attached hydrogens (tertiary/aromatic N) is 2. The second kappa shape index (κ2) is 7.21. The van der Waals surface area contributed by atoms with Crippen molar-refractivity contribution < 1.29 is 5.11 Å². The van der Waals surface area contributed by atoms with Gasteiger partial charge in [-0.15, -0.1) is 0 Å². The standard InChI is InChI=1S/C11H24N2O/c1-2-12(8-5-11-14)9-10-13-6-3-4-7-13/h14H,2-11H2,1H3. The van der Waals surface area contributed by atoms with Crippen LogP contribution >= 0.6 is 0 Å². The van der Waals surface area contributed by atoms with E-state index in [0.717, 1.165) is 26.1 Å². The van der Waals surface area contributed by atoms with Crippen molar-refractivity contribution in [2.24, 2.45) is 0 Å². The summed E-state index contributed by atoms with van der Waals surface area (Å²) in [5.41, 5.74) is 0. The first-order valence-electron chi connectivity index (χ1n) is 5.92. The molecule has 1 saturated heterocycles. The second-order valence-electron chi connectivity index (χ2n) is 4.06. The van der Waals surface area contributed by atoms with Crippen LogP contribution in [0, 0.1) is 0 Å². The van der Waals surface area contributed by atoms with Crippen LogP contribution in [0.3, 0.4) is 0 Å². The Hall–Kier alpha value is -0.120. The summed E-state index contributed by atoms with van der Waals surface area (Å²) in [6, 6.07) is 0. The molecule has 0 aromatic rings. The number of aliphatic hydroxyl groups excluding tert-OH is 1. The van der Waals surface area contributed by atoms with Crippen molar-refractivity contribution in [3.8, 4) is 0 Å². The topological polar surface area (TPSA) is 26.7 Å². The fraction of sp³-hybridized carbons (Fsp3) is 1.00. The predicted octanol–water partition coefficient (Wildman–Crippen LogP) is 0.786. The third-order valence-corrected chi connectivity index (χ3v) is 3.01. The average Bonchev–Trinajstić information content (AvgIpc) is 2.71. The van der Waals surface area contributed by atoms with Gasteiger partial charge in [0.2, 0.25) is 0 Å². The van der Waals surface area contributed by atoms with Gasteiger partial charge in [-0.2, -0.15) is 0 Å². The molecule has 0 spiro atoms. The lowest BCUT2D eigenvalue weighted by Crippen LogP contribution is -2.34. The molecule has 0 aromatic carbocycles. The Morgan fingerprint density at radius 2 is 1.93 bits per heavy atom. The summed E-state index contributed by atoms with van der Waals surface area (Å²) in [4.78, 5) is 4.97. The Morgan fingerprint density at radius 1 is 1.21 bits per heavy atom. The van der Waals surface area contributed by atoms with Gasteiger partial charge in [0.1, 0.15) is 0 Å². The van der Waals surface area contributed by atoms with E-state index >= 15 is 0 Å². The van der Waals surface area contributed by atoms with E-state index in [4.69, 9.17) is 5.11 Å². The minimum absolute atomic E-state index is 0.320. The van der Waals surface area contributed by atoms with Crippen molar-refractivity contribution in [2.45, 2.75) is 26.2 Å². The predicted molar refractivity (Wildman–Crippen MR) is 59.5 cm³/mol. The smallest absolute Gasteiger partial charge is 0.0443 e. The first-order chi connectivity index (χ1) is 6.86. The number of hydrogen-bond acceptors (Lipinski definition) is 3. The lowest BCUT2D eigenvalue weighted by atomic mass is 10.3. The Balaban J connectivity index is 2.06. The monoisotopic (exact) mass is 200 g/mol. The molecule has 0 aromatic heterocycles. The highest BCUT2D eigenvalue weighted by Crippen LogP contribution is 2.06. The molecular weight excluding hydrogens is 176 g/mol. The first-order valence-corrected chi connectivity index (χ1v) is 5.92. The van der Waals surface area contributed by atoms with Crippen LogP contribution in [-0.4, -0.2) is 60.8 Å². The van der Waals surface area contributed by atoms with E-state index in [1.807, 2.05) is 0 Å². The van der Waals surface area contributed by atoms with Crippen molar-refractivity contribution in [1.29, 1.82) is 0 Å². The van der Waals surface area contributed by atoms with Crippen molar-refractivity contribution in [3.05, 3.63) is 0 Å². The molecule has 84 valence electrons. The second-order valence-corrected chi connectivity index (χ2v) is 4.06. The summed E-state index contributed by atoms with van der Waals surface area (Å²) in [7, 11) is 0. The maximum Gasteiger partial charge on any atom is 0.0443 e. The third kappa shape index (κ3) is 4.40. The maximum atomic E-state index is 8.75. The quantitative estimate of drug-likeness (QED) is 0.658. The summed E-state index contributed by atoms with van der Waals surface area (Å²) in [6.45, 7) is 9.61. The van der Waals surface area contributed by atoms with Gasteiger partial charge in [0.05, 0.1) is 0 Å². The lowest BCUT2D eigenvalue weighted by Gasteiger charge is -2.23. The molecule has 0 atom stereocenters. The Kier molecular flexibility index (Phi) is 6.15. The highest BCUT2D eigenvalue weighted by molar-refractivity contribution is 4.68. The minimum Gasteiger partial charge on any atom is -0.396 e. The van der Waals surface area contributed by atoms with Gasteiger partial charge in [0.15, 0.2) is 0 Å².